The predicted octanol–water partition coefficient (Wildman–Crippen LogP) is 4.31. The van der Waals surface area contributed by atoms with E-state index in [1.54, 1.807) is 30.3 Å². The van der Waals surface area contributed by atoms with Crippen molar-refractivity contribution in [2.75, 3.05) is 9.62 Å². The lowest BCUT2D eigenvalue weighted by Crippen LogP contribution is -2.39. The van der Waals surface area contributed by atoms with E-state index in [-0.39, 0.29) is 6.54 Å². The summed E-state index contributed by atoms with van der Waals surface area (Å²) in [5.41, 5.74) is 1.77. The molecule has 0 atom stereocenters. The quantitative estimate of drug-likeness (QED) is 0.653. The fourth-order valence-electron chi connectivity index (χ4n) is 3.17. The lowest BCUT2D eigenvalue weighted by molar-refractivity contribution is 0.104. The van der Waals surface area contributed by atoms with Gasteiger partial charge in [0.2, 0.25) is 5.78 Å². The van der Waals surface area contributed by atoms with E-state index in [1.165, 1.54) is 22.5 Å². The number of carbonyl (C=O) groups excluding carboxylic acids is 1. The van der Waals surface area contributed by atoms with Gasteiger partial charge in [0.15, 0.2) is 4.91 Å². The third-order valence-electron chi connectivity index (χ3n) is 4.57. The van der Waals surface area contributed by atoms with Crippen LogP contribution in [0.15, 0.2) is 90.0 Å². The minimum Gasteiger partial charge on any atom is -0.360 e. The molecule has 4 rings (SSSR count). The van der Waals surface area contributed by atoms with Gasteiger partial charge in [-0.1, -0.05) is 48.5 Å². The Morgan fingerprint density at radius 2 is 1.66 bits per heavy atom. The molecule has 7 heteroatoms. The normalized spacial score (nSPS) is 16.5. The highest BCUT2D eigenvalue weighted by molar-refractivity contribution is 7.97. The van der Waals surface area contributed by atoms with Crippen LogP contribution in [0.25, 0.3) is 0 Å². The molecule has 0 saturated carbocycles. The summed E-state index contributed by atoms with van der Waals surface area (Å²) in [6, 6.07) is 21.3. The molecule has 0 fully saturated rings. The average Bonchev–Trinajstić information content (AvgIpc) is 2.72. The first-order valence-corrected chi connectivity index (χ1v) is 10.3. The number of ketones is 1. The van der Waals surface area contributed by atoms with Gasteiger partial charge in [0.1, 0.15) is 5.82 Å². The van der Waals surface area contributed by atoms with Crippen LogP contribution >= 0.6 is 0 Å². The zero-order valence-electron chi connectivity index (χ0n) is 15.2. The van der Waals surface area contributed by atoms with Gasteiger partial charge < -0.3 is 5.32 Å². The molecule has 1 aliphatic rings. The SMILES string of the molecule is O=C1C(=CNc2cccc(F)c2)S(=O)(=O)N(Cc2ccccc2)c2ccccc21. The van der Waals surface area contributed by atoms with Crippen molar-refractivity contribution in [1.82, 2.24) is 0 Å². The summed E-state index contributed by atoms with van der Waals surface area (Å²) in [6.07, 6.45) is 1.13. The van der Waals surface area contributed by atoms with Crippen molar-refractivity contribution in [3.8, 4) is 0 Å². The first-order chi connectivity index (χ1) is 14.0. The Hall–Kier alpha value is -3.45. The summed E-state index contributed by atoms with van der Waals surface area (Å²) >= 11 is 0. The lowest BCUT2D eigenvalue weighted by Gasteiger charge is -2.31. The van der Waals surface area contributed by atoms with Crippen molar-refractivity contribution in [3.05, 3.63) is 107 Å². The molecule has 0 unspecified atom stereocenters. The number of anilines is 2. The molecule has 1 N–H and O–H groups in total. The van der Waals surface area contributed by atoms with Crippen LogP contribution in [0.4, 0.5) is 15.8 Å². The molecule has 146 valence electrons. The Morgan fingerprint density at radius 3 is 2.41 bits per heavy atom. The minimum absolute atomic E-state index is 0.0881. The van der Waals surface area contributed by atoms with Gasteiger partial charge in [-0.15, -0.1) is 0 Å². The van der Waals surface area contributed by atoms with E-state index in [2.05, 4.69) is 5.32 Å². The Bertz CT molecular complexity index is 1210. The molecular weight excluding hydrogens is 391 g/mol. The van der Waals surface area contributed by atoms with Crippen molar-refractivity contribution in [1.29, 1.82) is 0 Å². The van der Waals surface area contributed by atoms with Gasteiger partial charge in [-0.05, 0) is 35.9 Å². The fourth-order valence-corrected chi connectivity index (χ4v) is 4.69. The van der Waals surface area contributed by atoms with Crippen LogP contribution < -0.4 is 9.62 Å². The van der Waals surface area contributed by atoms with Gasteiger partial charge in [0.05, 0.1) is 12.2 Å². The molecule has 1 heterocycles. The molecular formula is C22H17FN2O3S. The average molecular weight is 408 g/mol. The van der Waals surface area contributed by atoms with Crippen LogP contribution in [0.1, 0.15) is 15.9 Å². The molecule has 3 aromatic carbocycles. The Labute approximate surface area is 168 Å². The first kappa shape index (κ1) is 18.9. The zero-order valence-corrected chi connectivity index (χ0v) is 16.1. The second-order valence-electron chi connectivity index (χ2n) is 6.51. The van der Waals surface area contributed by atoms with Crippen LogP contribution in [0, 0.1) is 5.82 Å². The third-order valence-corrected chi connectivity index (χ3v) is 6.34. The molecule has 0 aliphatic carbocycles. The predicted molar refractivity (Wildman–Crippen MR) is 110 cm³/mol. The van der Waals surface area contributed by atoms with E-state index in [1.807, 2.05) is 30.3 Å². The Balaban J connectivity index is 1.78. The van der Waals surface area contributed by atoms with E-state index in [9.17, 15) is 17.6 Å². The smallest absolute Gasteiger partial charge is 0.270 e. The van der Waals surface area contributed by atoms with Crippen LogP contribution in [0.3, 0.4) is 0 Å². The second-order valence-corrected chi connectivity index (χ2v) is 8.34. The summed E-state index contributed by atoms with van der Waals surface area (Å²) in [5.74, 6) is -1.07. The number of sulfonamides is 1. The summed E-state index contributed by atoms with van der Waals surface area (Å²) in [4.78, 5) is 12.5. The van der Waals surface area contributed by atoms with Gasteiger partial charge in [0, 0.05) is 17.5 Å². The number of nitrogens with zero attached hydrogens (tertiary/aromatic N) is 1. The molecule has 0 radical (unpaired) electrons. The monoisotopic (exact) mass is 408 g/mol. The summed E-state index contributed by atoms with van der Waals surface area (Å²) < 4.78 is 41.2. The number of rotatable bonds is 4. The van der Waals surface area contributed by atoms with Crippen LogP contribution in [0.5, 0.6) is 0 Å². The van der Waals surface area contributed by atoms with Gasteiger partial charge in [0.25, 0.3) is 10.0 Å². The molecule has 29 heavy (non-hydrogen) atoms. The van der Waals surface area contributed by atoms with Crippen molar-refractivity contribution in [2.24, 2.45) is 0 Å². The highest BCUT2D eigenvalue weighted by Crippen LogP contribution is 2.36. The molecule has 0 saturated heterocycles. The van der Waals surface area contributed by atoms with Crippen LogP contribution in [-0.2, 0) is 16.6 Å². The van der Waals surface area contributed by atoms with E-state index in [0.717, 1.165) is 11.8 Å². The maximum Gasteiger partial charge on any atom is 0.270 e. The number of para-hydroxylation sites is 1. The summed E-state index contributed by atoms with van der Waals surface area (Å²) in [5, 5.41) is 2.73. The number of hydrogen-bond acceptors (Lipinski definition) is 4. The van der Waals surface area contributed by atoms with Gasteiger partial charge in [-0.2, -0.15) is 0 Å². The summed E-state index contributed by atoms with van der Waals surface area (Å²) in [7, 11) is -4.12. The first-order valence-electron chi connectivity index (χ1n) is 8.89. The highest BCUT2D eigenvalue weighted by atomic mass is 32.2. The Morgan fingerprint density at radius 1 is 0.931 bits per heavy atom. The maximum atomic E-state index is 13.4. The molecule has 0 amide bonds. The number of nitrogens with one attached hydrogen (secondary N) is 1. The lowest BCUT2D eigenvalue weighted by atomic mass is 10.1. The molecule has 0 aromatic heterocycles. The van der Waals surface area contributed by atoms with Gasteiger partial charge in [-0.25, -0.2) is 12.8 Å². The number of carbonyl (C=O) groups is 1. The highest BCUT2D eigenvalue weighted by Gasteiger charge is 2.39. The van der Waals surface area contributed by atoms with Crippen LogP contribution in [-0.4, -0.2) is 14.2 Å². The van der Waals surface area contributed by atoms with Crippen molar-refractivity contribution >= 4 is 27.2 Å². The van der Waals surface area contributed by atoms with Gasteiger partial charge in [-0.3, -0.25) is 9.10 Å². The van der Waals surface area contributed by atoms with Crippen molar-refractivity contribution < 1.29 is 17.6 Å². The summed E-state index contributed by atoms with van der Waals surface area (Å²) in [6.45, 7) is 0.0881. The van der Waals surface area contributed by atoms with Crippen LogP contribution in [0.2, 0.25) is 0 Å². The maximum absolute atomic E-state index is 13.4. The van der Waals surface area contributed by atoms with Gasteiger partial charge >= 0.3 is 0 Å². The van der Waals surface area contributed by atoms with E-state index >= 15 is 0 Å². The molecule has 1 aliphatic heterocycles. The Kier molecular flexibility index (Phi) is 4.90. The number of halogens is 1. The number of fused-ring (bicyclic) bond motifs is 1. The van der Waals surface area contributed by atoms with Crippen molar-refractivity contribution in [2.45, 2.75) is 6.54 Å². The number of Topliss-reactive ketones (excluding diaryl/α,β-unsaturated/α-hetero) is 1. The standard InChI is InChI=1S/C22H17FN2O3S/c23-17-9-6-10-18(13-17)24-14-21-22(26)19-11-4-5-12-20(19)25(29(21,27)28)15-16-7-2-1-3-8-16/h1-14,24H,15H2. The fraction of sp³-hybridized carbons (Fsp3) is 0.0455. The third kappa shape index (κ3) is 3.64. The number of benzene rings is 3. The zero-order chi connectivity index (χ0) is 20.4. The second kappa shape index (κ2) is 7.52. The molecule has 0 spiro atoms. The van der Waals surface area contributed by atoms with E-state index < -0.39 is 26.5 Å². The molecule has 5 nitrogen and oxygen atoms in total. The number of hydrogen-bond donors (Lipinski definition) is 1. The number of allylic oxidation sites excluding steroid dienone is 1. The minimum atomic E-state index is -4.12. The topological polar surface area (TPSA) is 66.5 Å². The largest absolute Gasteiger partial charge is 0.360 e. The van der Waals surface area contributed by atoms with Crippen molar-refractivity contribution in [3.63, 3.8) is 0 Å². The molecule has 0 bridgehead atoms. The van der Waals surface area contributed by atoms with E-state index in [4.69, 9.17) is 0 Å². The van der Waals surface area contributed by atoms with E-state index in [0.29, 0.717) is 16.9 Å². The molecule has 3 aromatic rings.